The normalized spacial score (nSPS) is 14.4. The molecule has 0 radical (unpaired) electrons. The first-order valence-corrected chi connectivity index (χ1v) is 11.4. The first kappa shape index (κ1) is 22.9. The van der Waals surface area contributed by atoms with Crippen LogP contribution in [0.5, 0.6) is 0 Å². The average molecular weight is 425 g/mol. The summed E-state index contributed by atoms with van der Waals surface area (Å²) in [5, 5.41) is 2.98. The van der Waals surface area contributed by atoms with E-state index in [1.165, 1.54) is 5.56 Å². The molecule has 2 aromatic rings. The van der Waals surface area contributed by atoms with Gasteiger partial charge in [-0.05, 0) is 61.9 Å². The molecule has 1 aromatic heterocycles. The number of anilines is 1. The van der Waals surface area contributed by atoms with Gasteiger partial charge in [0.1, 0.15) is 6.54 Å². The van der Waals surface area contributed by atoms with Crippen molar-refractivity contribution in [3.05, 3.63) is 53.9 Å². The molecule has 1 N–H and O–H groups in total. The molecule has 1 aromatic carbocycles. The molecule has 1 fully saturated rings. The van der Waals surface area contributed by atoms with E-state index in [0.717, 1.165) is 30.6 Å². The largest absolute Gasteiger partial charge is 0.353 e. The maximum absolute atomic E-state index is 13.3. The molecule has 1 atom stereocenters. The number of hydrogen-bond donors (Lipinski definition) is 1. The van der Waals surface area contributed by atoms with Crippen molar-refractivity contribution in [1.82, 2.24) is 14.4 Å². The van der Waals surface area contributed by atoms with Crippen LogP contribution in [-0.2, 0) is 18.4 Å². The molecule has 0 aliphatic heterocycles. The summed E-state index contributed by atoms with van der Waals surface area (Å²) in [4.78, 5) is 30.0. The second-order valence-electron chi connectivity index (χ2n) is 8.96. The van der Waals surface area contributed by atoms with Crippen LogP contribution in [0.3, 0.4) is 0 Å². The fraction of sp³-hybridized carbons (Fsp3) is 0.520. The van der Waals surface area contributed by atoms with Gasteiger partial charge in [-0.2, -0.15) is 0 Å². The Morgan fingerprint density at radius 1 is 1.13 bits per heavy atom. The van der Waals surface area contributed by atoms with Crippen molar-refractivity contribution in [1.29, 1.82) is 0 Å². The Balaban J connectivity index is 1.69. The van der Waals surface area contributed by atoms with E-state index in [-0.39, 0.29) is 30.6 Å². The minimum absolute atomic E-state index is 0.00862. The molecule has 6 heteroatoms. The van der Waals surface area contributed by atoms with Gasteiger partial charge in [-0.15, -0.1) is 0 Å². The van der Waals surface area contributed by atoms with E-state index in [0.29, 0.717) is 12.5 Å². The van der Waals surface area contributed by atoms with Gasteiger partial charge in [0.2, 0.25) is 5.91 Å². The van der Waals surface area contributed by atoms with Gasteiger partial charge in [0.25, 0.3) is 0 Å². The van der Waals surface area contributed by atoms with Gasteiger partial charge in [0.05, 0.1) is 6.54 Å². The van der Waals surface area contributed by atoms with Crippen LogP contribution in [0.25, 0.3) is 0 Å². The summed E-state index contributed by atoms with van der Waals surface area (Å²) in [6.45, 7) is 8.99. The van der Waals surface area contributed by atoms with Crippen LogP contribution in [-0.4, -0.2) is 44.9 Å². The molecule has 1 aliphatic rings. The Morgan fingerprint density at radius 3 is 2.32 bits per heavy atom. The lowest BCUT2D eigenvalue weighted by Crippen LogP contribution is -2.48. The molecule has 3 amide bonds. The summed E-state index contributed by atoms with van der Waals surface area (Å²) in [5.41, 5.74) is 3.08. The van der Waals surface area contributed by atoms with Crippen LogP contribution in [0.2, 0.25) is 0 Å². The van der Waals surface area contributed by atoms with Gasteiger partial charge in [-0.3, -0.25) is 4.79 Å². The van der Waals surface area contributed by atoms with Crippen LogP contribution in [0, 0.1) is 0 Å². The van der Waals surface area contributed by atoms with Crippen molar-refractivity contribution < 1.29 is 9.59 Å². The number of nitrogens with one attached hydrogen (secondary N) is 1. The van der Waals surface area contributed by atoms with E-state index in [9.17, 15) is 9.59 Å². The van der Waals surface area contributed by atoms with Crippen molar-refractivity contribution in [2.75, 3.05) is 11.9 Å². The first-order valence-electron chi connectivity index (χ1n) is 11.4. The van der Waals surface area contributed by atoms with Gasteiger partial charge in [-0.25, -0.2) is 4.79 Å². The number of hydrogen-bond acceptors (Lipinski definition) is 2. The SMILES string of the molecule is CC[C@H](C)N(CC(=O)N(Cc1cccn1C)C1CC1)C(=O)Nc1ccc(C(C)C)cc1. The van der Waals surface area contributed by atoms with Crippen molar-refractivity contribution >= 4 is 17.6 Å². The zero-order chi connectivity index (χ0) is 22.5. The molecule has 1 heterocycles. The number of nitrogens with zero attached hydrogens (tertiary/aromatic N) is 3. The maximum Gasteiger partial charge on any atom is 0.322 e. The Labute approximate surface area is 186 Å². The number of benzene rings is 1. The van der Waals surface area contributed by atoms with Crippen LogP contribution < -0.4 is 5.32 Å². The third-order valence-electron chi connectivity index (χ3n) is 6.21. The lowest BCUT2D eigenvalue weighted by Gasteiger charge is -2.31. The third kappa shape index (κ3) is 5.90. The number of urea groups is 1. The summed E-state index contributed by atoms with van der Waals surface area (Å²) in [7, 11) is 1.99. The Bertz CT molecular complexity index is 883. The summed E-state index contributed by atoms with van der Waals surface area (Å²) in [6.07, 6.45) is 4.85. The number of rotatable bonds is 9. The minimum atomic E-state index is -0.227. The predicted octanol–water partition coefficient (Wildman–Crippen LogP) is 4.97. The van der Waals surface area contributed by atoms with E-state index < -0.39 is 0 Å². The number of carbonyl (C=O) groups is 2. The zero-order valence-corrected chi connectivity index (χ0v) is 19.5. The fourth-order valence-corrected chi connectivity index (χ4v) is 3.67. The number of aromatic nitrogens is 1. The van der Waals surface area contributed by atoms with Crippen molar-refractivity contribution in [2.24, 2.45) is 7.05 Å². The Hall–Kier alpha value is -2.76. The molecular weight excluding hydrogens is 388 g/mol. The molecule has 31 heavy (non-hydrogen) atoms. The van der Waals surface area contributed by atoms with Crippen LogP contribution >= 0.6 is 0 Å². The fourth-order valence-electron chi connectivity index (χ4n) is 3.67. The summed E-state index contributed by atoms with van der Waals surface area (Å²) in [5.74, 6) is 0.450. The van der Waals surface area contributed by atoms with Crippen molar-refractivity contribution in [3.8, 4) is 0 Å². The molecule has 0 bridgehead atoms. The van der Waals surface area contributed by atoms with E-state index >= 15 is 0 Å². The molecular formula is C25H36N4O2. The lowest BCUT2D eigenvalue weighted by molar-refractivity contribution is -0.133. The highest BCUT2D eigenvalue weighted by Gasteiger charge is 2.34. The summed E-state index contributed by atoms with van der Waals surface area (Å²) >= 11 is 0. The third-order valence-corrected chi connectivity index (χ3v) is 6.21. The Morgan fingerprint density at radius 2 is 1.81 bits per heavy atom. The van der Waals surface area contributed by atoms with Gasteiger partial charge in [0.15, 0.2) is 0 Å². The van der Waals surface area contributed by atoms with E-state index in [2.05, 4.69) is 19.2 Å². The highest BCUT2D eigenvalue weighted by molar-refractivity contribution is 5.92. The average Bonchev–Trinajstić information content (AvgIpc) is 3.51. The zero-order valence-electron chi connectivity index (χ0n) is 19.5. The second-order valence-corrected chi connectivity index (χ2v) is 8.96. The maximum atomic E-state index is 13.3. The standard InChI is InChI=1S/C25H36N4O2/c1-6-19(4)28(25(31)26-21-11-9-20(10-12-21)18(2)3)17-24(30)29(22-13-14-22)16-23-8-7-15-27(23)5/h7-12,15,18-19,22H,6,13-14,16-17H2,1-5H3,(H,26,31)/t19-/m0/s1. The molecule has 3 rings (SSSR count). The van der Waals surface area contributed by atoms with Gasteiger partial charge in [-0.1, -0.05) is 32.9 Å². The number of aryl methyl sites for hydroxylation is 1. The second kappa shape index (κ2) is 10.0. The first-order chi connectivity index (χ1) is 14.8. The van der Waals surface area contributed by atoms with E-state index in [4.69, 9.17) is 0 Å². The summed E-state index contributed by atoms with van der Waals surface area (Å²) in [6, 6.07) is 12.0. The van der Waals surface area contributed by atoms with E-state index in [1.807, 2.05) is 73.0 Å². The lowest BCUT2D eigenvalue weighted by atomic mass is 10.0. The quantitative estimate of drug-likeness (QED) is 0.618. The van der Waals surface area contributed by atoms with Crippen molar-refractivity contribution in [2.45, 2.75) is 71.5 Å². The van der Waals surface area contributed by atoms with Crippen LogP contribution in [0.4, 0.5) is 10.5 Å². The Kier molecular flexibility index (Phi) is 7.42. The van der Waals surface area contributed by atoms with Crippen LogP contribution in [0.15, 0.2) is 42.6 Å². The minimum Gasteiger partial charge on any atom is -0.353 e. The topological polar surface area (TPSA) is 57.6 Å². The number of carbonyl (C=O) groups excluding carboxylic acids is 2. The molecule has 0 unspecified atom stereocenters. The van der Waals surface area contributed by atoms with Gasteiger partial charge >= 0.3 is 6.03 Å². The highest BCUT2D eigenvalue weighted by Crippen LogP contribution is 2.29. The molecule has 1 aliphatic carbocycles. The predicted molar refractivity (Wildman–Crippen MR) is 125 cm³/mol. The van der Waals surface area contributed by atoms with Crippen LogP contribution in [0.1, 0.15) is 64.1 Å². The summed E-state index contributed by atoms with van der Waals surface area (Å²) < 4.78 is 2.04. The molecule has 0 saturated heterocycles. The highest BCUT2D eigenvalue weighted by atomic mass is 16.2. The number of amides is 3. The molecule has 1 saturated carbocycles. The monoisotopic (exact) mass is 424 g/mol. The van der Waals surface area contributed by atoms with E-state index in [1.54, 1.807) is 4.90 Å². The van der Waals surface area contributed by atoms with Gasteiger partial charge < -0.3 is 19.7 Å². The molecule has 0 spiro atoms. The van der Waals surface area contributed by atoms with Crippen molar-refractivity contribution in [3.63, 3.8) is 0 Å². The molecule has 168 valence electrons. The van der Waals surface area contributed by atoms with Gasteiger partial charge in [0, 0.05) is 36.7 Å². The molecule has 6 nitrogen and oxygen atoms in total. The smallest absolute Gasteiger partial charge is 0.322 e.